The van der Waals surface area contributed by atoms with E-state index in [1.54, 1.807) is 0 Å². The number of nitrogens with zero attached hydrogens (tertiary/aromatic N) is 4. The molecule has 3 heterocycles. The van der Waals surface area contributed by atoms with E-state index in [1.807, 2.05) is 30.3 Å². The molecule has 1 aromatic carbocycles. The number of oxazole rings is 1. The first-order valence-corrected chi connectivity index (χ1v) is 7.51. The van der Waals surface area contributed by atoms with Crippen LogP contribution in [0.25, 0.3) is 11.3 Å². The first-order valence-electron chi connectivity index (χ1n) is 7.51. The minimum Gasteiger partial charge on any atom is -0.438 e. The third-order valence-electron chi connectivity index (χ3n) is 3.91. The Morgan fingerprint density at radius 1 is 1.26 bits per heavy atom. The van der Waals surface area contributed by atoms with E-state index in [2.05, 4.69) is 25.1 Å². The molecule has 3 aromatic rings. The normalized spacial score (nSPS) is 13.0. The molecule has 0 saturated heterocycles. The summed E-state index contributed by atoms with van der Waals surface area (Å²) in [4.78, 5) is 16.5. The molecule has 0 aliphatic carbocycles. The number of fused-ring (bicyclic) bond motifs is 1. The summed E-state index contributed by atoms with van der Waals surface area (Å²) in [7, 11) is 0. The van der Waals surface area contributed by atoms with Gasteiger partial charge in [0, 0.05) is 18.5 Å². The highest BCUT2D eigenvalue weighted by Gasteiger charge is 2.21. The molecule has 0 saturated carbocycles. The quantitative estimate of drug-likeness (QED) is 0.794. The van der Waals surface area contributed by atoms with Crippen molar-refractivity contribution in [1.29, 1.82) is 0 Å². The van der Waals surface area contributed by atoms with Crippen LogP contribution in [-0.4, -0.2) is 25.7 Å². The van der Waals surface area contributed by atoms with E-state index in [4.69, 9.17) is 4.42 Å². The van der Waals surface area contributed by atoms with Gasteiger partial charge in [0.05, 0.1) is 6.54 Å². The lowest BCUT2D eigenvalue weighted by Gasteiger charge is -2.05. The largest absolute Gasteiger partial charge is 0.438 e. The Bertz CT molecular complexity index is 837. The average molecular weight is 309 g/mol. The van der Waals surface area contributed by atoms with Gasteiger partial charge in [-0.15, -0.1) is 10.2 Å². The lowest BCUT2D eigenvalue weighted by molar-refractivity contribution is 0.0922. The average Bonchev–Trinajstić information content (AvgIpc) is 3.30. The van der Waals surface area contributed by atoms with Gasteiger partial charge in [0.2, 0.25) is 5.76 Å². The van der Waals surface area contributed by atoms with E-state index in [-0.39, 0.29) is 11.7 Å². The first kappa shape index (κ1) is 13.7. The van der Waals surface area contributed by atoms with Gasteiger partial charge in [0.25, 0.3) is 5.91 Å². The fourth-order valence-corrected chi connectivity index (χ4v) is 2.79. The predicted octanol–water partition coefficient (Wildman–Crippen LogP) is 1.81. The van der Waals surface area contributed by atoms with Gasteiger partial charge < -0.3 is 14.3 Å². The second kappa shape index (κ2) is 5.68. The summed E-state index contributed by atoms with van der Waals surface area (Å²) in [6, 6.07) is 9.48. The van der Waals surface area contributed by atoms with E-state index >= 15 is 0 Å². The Labute approximate surface area is 132 Å². The third-order valence-corrected chi connectivity index (χ3v) is 3.91. The van der Waals surface area contributed by atoms with Crippen molar-refractivity contribution in [2.45, 2.75) is 25.9 Å². The second-order valence-electron chi connectivity index (χ2n) is 5.37. The van der Waals surface area contributed by atoms with Crippen LogP contribution in [0.5, 0.6) is 0 Å². The number of rotatable bonds is 4. The monoisotopic (exact) mass is 309 g/mol. The molecule has 0 unspecified atom stereocenters. The van der Waals surface area contributed by atoms with Gasteiger partial charge in [0.1, 0.15) is 11.5 Å². The zero-order valence-electron chi connectivity index (χ0n) is 12.4. The summed E-state index contributed by atoms with van der Waals surface area (Å²) in [6.07, 6.45) is 3.30. The van der Waals surface area contributed by atoms with Crippen LogP contribution in [0.3, 0.4) is 0 Å². The molecule has 7 heteroatoms. The van der Waals surface area contributed by atoms with Crippen LogP contribution in [0.1, 0.15) is 28.6 Å². The van der Waals surface area contributed by atoms with Gasteiger partial charge in [-0.05, 0) is 6.42 Å². The third kappa shape index (κ3) is 2.50. The maximum atomic E-state index is 12.4. The van der Waals surface area contributed by atoms with Crippen LogP contribution in [0.4, 0.5) is 0 Å². The molecular formula is C16H15N5O2. The predicted molar refractivity (Wildman–Crippen MR) is 81.5 cm³/mol. The lowest BCUT2D eigenvalue weighted by atomic mass is 10.1. The molecule has 23 heavy (non-hydrogen) atoms. The van der Waals surface area contributed by atoms with Crippen molar-refractivity contribution in [2.24, 2.45) is 0 Å². The molecule has 0 radical (unpaired) electrons. The van der Waals surface area contributed by atoms with Crippen molar-refractivity contribution in [3.8, 4) is 11.3 Å². The Balaban J connectivity index is 1.51. The van der Waals surface area contributed by atoms with Crippen LogP contribution in [-0.2, 0) is 19.5 Å². The van der Waals surface area contributed by atoms with Crippen molar-refractivity contribution in [3.05, 3.63) is 54.1 Å². The lowest BCUT2D eigenvalue weighted by Crippen LogP contribution is -2.24. The number of carbonyl (C=O) groups excluding carboxylic acids is 1. The number of carbonyl (C=O) groups is 1. The van der Waals surface area contributed by atoms with Gasteiger partial charge >= 0.3 is 0 Å². The topological polar surface area (TPSA) is 85.8 Å². The molecule has 1 N–H and O–H groups in total. The molecule has 1 aliphatic rings. The summed E-state index contributed by atoms with van der Waals surface area (Å²) in [5.41, 5.74) is 1.38. The Kier molecular flexibility index (Phi) is 3.38. The molecule has 1 amide bonds. The fourth-order valence-electron chi connectivity index (χ4n) is 2.79. The Morgan fingerprint density at radius 2 is 2.13 bits per heavy atom. The number of benzene rings is 1. The van der Waals surface area contributed by atoms with Crippen LogP contribution >= 0.6 is 0 Å². The molecule has 0 fully saturated rings. The SMILES string of the molecule is O=C(NCc1nnc2n1CCC2)c1ocnc1-c1ccccc1. The Hall–Kier alpha value is -2.96. The summed E-state index contributed by atoms with van der Waals surface area (Å²) in [5.74, 6) is 1.65. The zero-order valence-corrected chi connectivity index (χ0v) is 12.4. The van der Waals surface area contributed by atoms with Crippen LogP contribution in [0.15, 0.2) is 41.1 Å². The summed E-state index contributed by atoms with van der Waals surface area (Å²) >= 11 is 0. The molecule has 1 aliphatic heterocycles. The van der Waals surface area contributed by atoms with E-state index < -0.39 is 0 Å². The van der Waals surface area contributed by atoms with Gasteiger partial charge in [-0.25, -0.2) is 4.98 Å². The summed E-state index contributed by atoms with van der Waals surface area (Å²) < 4.78 is 7.33. The zero-order chi connectivity index (χ0) is 15.6. The van der Waals surface area contributed by atoms with E-state index in [0.717, 1.165) is 36.6 Å². The number of amides is 1. The maximum Gasteiger partial charge on any atom is 0.289 e. The van der Waals surface area contributed by atoms with Crippen LogP contribution in [0.2, 0.25) is 0 Å². The van der Waals surface area contributed by atoms with Gasteiger partial charge in [-0.2, -0.15) is 0 Å². The molecule has 0 spiro atoms. The molecule has 116 valence electrons. The minimum absolute atomic E-state index is 0.206. The van der Waals surface area contributed by atoms with E-state index in [0.29, 0.717) is 12.2 Å². The van der Waals surface area contributed by atoms with Gasteiger partial charge in [0.15, 0.2) is 12.2 Å². The molecule has 4 rings (SSSR count). The highest BCUT2D eigenvalue weighted by molar-refractivity contribution is 5.97. The molecule has 0 atom stereocenters. The van der Waals surface area contributed by atoms with Gasteiger partial charge in [-0.3, -0.25) is 4.79 Å². The highest BCUT2D eigenvalue weighted by atomic mass is 16.3. The summed E-state index contributed by atoms with van der Waals surface area (Å²) in [5, 5.41) is 11.1. The number of aryl methyl sites for hydroxylation is 1. The smallest absolute Gasteiger partial charge is 0.289 e. The van der Waals surface area contributed by atoms with Crippen molar-refractivity contribution >= 4 is 5.91 Å². The number of hydrogen-bond acceptors (Lipinski definition) is 5. The van der Waals surface area contributed by atoms with E-state index in [1.165, 1.54) is 6.39 Å². The van der Waals surface area contributed by atoms with Gasteiger partial charge in [-0.1, -0.05) is 30.3 Å². The number of nitrogens with one attached hydrogen (secondary N) is 1. The first-order chi connectivity index (χ1) is 11.3. The highest BCUT2D eigenvalue weighted by Crippen LogP contribution is 2.21. The van der Waals surface area contributed by atoms with Crippen molar-refractivity contribution < 1.29 is 9.21 Å². The molecule has 2 aromatic heterocycles. The summed E-state index contributed by atoms with van der Waals surface area (Å²) in [6.45, 7) is 1.23. The fraction of sp³-hybridized carbons (Fsp3) is 0.250. The molecule has 7 nitrogen and oxygen atoms in total. The second-order valence-corrected chi connectivity index (χ2v) is 5.37. The van der Waals surface area contributed by atoms with Crippen molar-refractivity contribution in [2.75, 3.05) is 0 Å². The van der Waals surface area contributed by atoms with Crippen LogP contribution in [0, 0.1) is 0 Å². The van der Waals surface area contributed by atoms with Crippen molar-refractivity contribution in [1.82, 2.24) is 25.1 Å². The van der Waals surface area contributed by atoms with Crippen molar-refractivity contribution in [3.63, 3.8) is 0 Å². The minimum atomic E-state index is -0.309. The molecular weight excluding hydrogens is 294 g/mol. The van der Waals surface area contributed by atoms with Crippen LogP contribution < -0.4 is 5.32 Å². The Morgan fingerprint density at radius 3 is 3.00 bits per heavy atom. The maximum absolute atomic E-state index is 12.4. The van der Waals surface area contributed by atoms with E-state index in [9.17, 15) is 4.79 Å². The molecule has 0 bridgehead atoms. The standard InChI is InChI=1S/C16H15N5O2/c22-16(17-9-13-20-19-12-7-4-8-21(12)13)15-14(18-10-23-15)11-5-2-1-3-6-11/h1-3,5-6,10H,4,7-9H2,(H,17,22). The number of aromatic nitrogens is 4. The number of hydrogen-bond donors (Lipinski definition) is 1.